The second-order valence-electron chi connectivity index (χ2n) is 9.71. The summed E-state index contributed by atoms with van der Waals surface area (Å²) in [7, 11) is -1.00. The molecule has 9 nitrogen and oxygen atoms in total. The van der Waals surface area contributed by atoms with Crippen LogP contribution in [0.5, 0.6) is 11.5 Å². The summed E-state index contributed by atoms with van der Waals surface area (Å²) in [5.74, 6) is -0.319. The minimum Gasteiger partial charge on any atom is -0.493 e. The van der Waals surface area contributed by atoms with Crippen LogP contribution in [0.2, 0.25) is 0 Å². The van der Waals surface area contributed by atoms with Crippen LogP contribution in [0.4, 0.5) is 0 Å². The maximum atomic E-state index is 13.6. The fraction of sp³-hybridized carbons (Fsp3) is 0.519. The number of benzene rings is 2. The normalized spacial score (nSPS) is 18.5. The van der Waals surface area contributed by atoms with Gasteiger partial charge in [-0.1, -0.05) is 30.3 Å². The largest absolute Gasteiger partial charge is 0.493 e. The lowest BCUT2D eigenvalue weighted by Crippen LogP contribution is -2.49. The number of amides is 1. The summed E-state index contributed by atoms with van der Waals surface area (Å²) in [5, 5.41) is 4.91. The Morgan fingerprint density at radius 2 is 1.54 bits per heavy atom. The predicted octanol–water partition coefficient (Wildman–Crippen LogP) is 2.88. The van der Waals surface area contributed by atoms with Gasteiger partial charge in [0.25, 0.3) is 10.0 Å². The van der Waals surface area contributed by atoms with Gasteiger partial charge in [0.1, 0.15) is 0 Å². The summed E-state index contributed by atoms with van der Waals surface area (Å²) in [4.78, 5) is 18.6. The van der Waals surface area contributed by atoms with E-state index in [1.807, 2.05) is 18.2 Å². The number of methoxy groups -OCH3 is 2. The summed E-state index contributed by atoms with van der Waals surface area (Å²) in [6.07, 6.45) is 4.54. The van der Waals surface area contributed by atoms with Gasteiger partial charge < -0.3 is 14.8 Å². The fourth-order valence-electron chi connectivity index (χ4n) is 5.07. The summed E-state index contributed by atoms with van der Waals surface area (Å²) >= 11 is 0. The lowest BCUT2D eigenvalue weighted by atomic mass is 9.99. The van der Waals surface area contributed by atoms with E-state index in [0.29, 0.717) is 36.6 Å². The van der Waals surface area contributed by atoms with Gasteiger partial charge >= 0.3 is 0 Å². The zero-order chi connectivity index (χ0) is 26.4. The third-order valence-electron chi connectivity index (χ3n) is 7.18. The molecule has 4 rings (SSSR count). The molecule has 0 aromatic heterocycles. The summed E-state index contributed by atoms with van der Waals surface area (Å²) < 4.78 is 37.8. The van der Waals surface area contributed by atoms with E-state index in [1.54, 1.807) is 18.0 Å². The lowest BCUT2D eigenvalue weighted by molar-refractivity contribution is -0.124. The average molecular weight is 531 g/mol. The van der Waals surface area contributed by atoms with Crippen LogP contribution in [-0.2, 0) is 21.2 Å². The second kappa shape index (κ2) is 12.3. The molecule has 0 radical (unpaired) electrons. The highest BCUT2D eigenvalue weighted by Gasteiger charge is 2.32. The van der Waals surface area contributed by atoms with Crippen molar-refractivity contribution in [2.45, 2.75) is 56.0 Å². The van der Waals surface area contributed by atoms with Crippen molar-refractivity contribution in [2.75, 3.05) is 40.4 Å². The van der Waals surface area contributed by atoms with E-state index in [1.165, 1.54) is 20.3 Å². The molecular weight excluding hydrogens is 492 g/mol. The molecule has 2 saturated heterocycles. The fourth-order valence-corrected chi connectivity index (χ4v) is 6.50. The molecule has 2 aliphatic rings. The number of hydrogen-bond acceptors (Lipinski definition) is 7. The molecule has 2 aromatic carbocycles. The molecular formula is C27H38N4O5S. The first-order valence-electron chi connectivity index (χ1n) is 12.9. The first-order valence-corrected chi connectivity index (χ1v) is 14.4. The van der Waals surface area contributed by atoms with Crippen molar-refractivity contribution in [2.24, 2.45) is 0 Å². The molecule has 0 saturated carbocycles. The van der Waals surface area contributed by atoms with Crippen LogP contribution >= 0.6 is 0 Å². The van der Waals surface area contributed by atoms with E-state index in [-0.39, 0.29) is 17.0 Å². The number of carbonyl (C=O) groups is 1. The van der Waals surface area contributed by atoms with Crippen LogP contribution < -0.4 is 19.6 Å². The number of rotatable bonds is 11. The van der Waals surface area contributed by atoms with Crippen molar-refractivity contribution >= 4 is 15.9 Å². The molecule has 10 heteroatoms. The maximum absolute atomic E-state index is 13.6. The molecule has 1 amide bonds. The highest BCUT2D eigenvalue weighted by Crippen LogP contribution is 2.36. The van der Waals surface area contributed by atoms with Crippen LogP contribution in [0.3, 0.4) is 0 Å². The van der Waals surface area contributed by atoms with Crippen LogP contribution in [0.25, 0.3) is 0 Å². The van der Waals surface area contributed by atoms with Crippen molar-refractivity contribution in [3.05, 3.63) is 53.6 Å². The van der Waals surface area contributed by atoms with Gasteiger partial charge in [0.2, 0.25) is 5.91 Å². The standard InChI is InChI=1S/C27H38N4O5S/c1-20(27(32)28-26(30-13-7-8-14-30)17-21-11-5-4-6-12-21)22-18-23(35-2)24(36-3)19-25(22)37(33,34)29-31-15-9-10-16-31/h4-6,11-12,18-20,26,29H,7-10,13-17H2,1-3H3,(H,28,32). The molecule has 37 heavy (non-hydrogen) atoms. The van der Waals surface area contributed by atoms with Crippen LogP contribution in [0.1, 0.15) is 49.7 Å². The van der Waals surface area contributed by atoms with Gasteiger partial charge in [-0.2, -0.15) is 0 Å². The Kier molecular flexibility index (Phi) is 9.07. The highest BCUT2D eigenvalue weighted by molar-refractivity contribution is 7.89. The van der Waals surface area contributed by atoms with Crippen molar-refractivity contribution < 1.29 is 22.7 Å². The second-order valence-corrected chi connectivity index (χ2v) is 11.3. The Hall–Kier alpha value is -2.66. The van der Waals surface area contributed by atoms with Crippen molar-refractivity contribution in [3.63, 3.8) is 0 Å². The lowest BCUT2D eigenvalue weighted by Gasteiger charge is -2.30. The zero-order valence-corrected chi connectivity index (χ0v) is 22.7. The number of carbonyl (C=O) groups excluding carboxylic acids is 1. The van der Waals surface area contributed by atoms with Gasteiger partial charge in [0, 0.05) is 38.7 Å². The Balaban J connectivity index is 1.63. The van der Waals surface area contributed by atoms with Crippen molar-refractivity contribution in [1.29, 1.82) is 0 Å². The van der Waals surface area contributed by atoms with E-state index in [2.05, 4.69) is 27.2 Å². The molecule has 0 bridgehead atoms. The van der Waals surface area contributed by atoms with Gasteiger partial charge in [0.15, 0.2) is 11.5 Å². The molecule has 0 spiro atoms. The molecule has 2 unspecified atom stereocenters. The predicted molar refractivity (Wildman–Crippen MR) is 142 cm³/mol. The van der Waals surface area contributed by atoms with E-state index >= 15 is 0 Å². The molecule has 0 aliphatic carbocycles. The highest BCUT2D eigenvalue weighted by atomic mass is 32.2. The van der Waals surface area contributed by atoms with Gasteiger partial charge in [0.05, 0.1) is 31.2 Å². The minimum absolute atomic E-state index is 0.0143. The summed E-state index contributed by atoms with van der Waals surface area (Å²) in [6, 6.07) is 13.1. The van der Waals surface area contributed by atoms with Gasteiger partial charge in [-0.25, -0.2) is 13.4 Å². The Bertz CT molecular complexity index is 1160. The number of hydrogen-bond donors (Lipinski definition) is 2. The average Bonchev–Trinajstić information content (AvgIpc) is 3.62. The monoisotopic (exact) mass is 530 g/mol. The first-order chi connectivity index (χ1) is 17.8. The van der Waals surface area contributed by atoms with Gasteiger partial charge in [-0.05, 0) is 49.8 Å². The van der Waals surface area contributed by atoms with Gasteiger partial charge in [-0.15, -0.1) is 4.83 Å². The smallest absolute Gasteiger partial charge is 0.253 e. The molecule has 2 heterocycles. The third kappa shape index (κ3) is 6.62. The SMILES string of the molecule is COc1cc(C(C)C(=O)NC(Cc2ccccc2)N2CCCC2)c(S(=O)(=O)NN2CCCC2)cc1OC. The molecule has 202 valence electrons. The van der Waals surface area contributed by atoms with E-state index in [9.17, 15) is 13.2 Å². The number of nitrogens with zero attached hydrogens (tertiary/aromatic N) is 2. The topological polar surface area (TPSA) is 100 Å². The Morgan fingerprint density at radius 3 is 2.16 bits per heavy atom. The van der Waals surface area contributed by atoms with Crippen LogP contribution in [0, 0.1) is 0 Å². The van der Waals surface area contributed by atoms with Crippen LogP contribution in [0.15, 0.2) is 47.4 Å². The first kappa shape index (κ1) is 27.4. The summed E-state index contributed by atoms with van der Waals surface area (Å²) in [5.41, 5.74) is 1.50. The summed E-state index contributed by atoms with van der Waals surface area (Å²) in [6.45, 7) is 4.86. The Labute approximate surface area is 220 Å². The van der Waals surface area contributed by atoms with E-state index in [0.717, 1.165) is 44.3 Å². The van der Waals surface area contributed by atoms with Crippen molar-refractivity contribution in [1.82, 2.24) is 20.1 Å². The Morgan fingerprint density at radius 1 is 0.946 bits per heavy atom. The van der Waals surface area contributed by atoms with E-state index < -0.39 is 15.9 Å². The molecule has 2 aliphatic heterocycles. The molecule has 2 aromatic rings. The van der Waals surface area contributed by atoms with Crippen LogP contribution in [-0.4, -0.2) is 70.8 Å². The number of likely N-dealkylation sites (tertiary alicyclic amines) is 1. The molecule has 2 N–H and O–H groups in total. The maximum Gasteiger partial charge on any atom is 0.253 e. The molecule has 2 fully saturated rings. The van der Waals surface area contributed by atoms with Gasteiger partial charge in [-0.3, -0.25) is 9.69 Å². The molecule has 2 atom stereocenters. The number of ether oxygens (including phenoxy) is 2. The quantitative estimate of drug-likeness (QED) is 0.461. The number of nitrogens with one attached hydrogen (secondary N) is 2. The number of sulfonamides is 1. The third-order valence-corrected chi connectivity index (χ3v) is 8.61. The minimum atomic E-state index is -3.95. The van der Waals surface area contributed by atoms with Crippen molar-refractivity contribution in [3.8, 4) is 11.5 Å². The zero-order valence-electron chi connectivity index (χ0n) is 21.9. The number of hydrazine groups is 1. The van der Waals surface area contributed by atoms with E-state index in [4.69, 9.17) is 9.47 Å².